The Morgan fingerprint density at radius 2 is 2.05 bits per heavy atom. The Kier molecular flexibility index (Phi) is 3.34. The summed E-state index contributed by atoms with van der Waals surface area (Å²) in [5, 5.41) is 2.58. The highest BCUT2D eigenvalue weighted by atomic mass is 16.5. The summed E-state index contributed by atoms with van der Waals surface area (Å²) >= 11 is 0. The van der Waals surface area contributed by atoms with Gasteiger partial charge in [-0.05, 0) is 25.0 Å². The minimum Gasteiger partial charge on any atom is -0.477 e. The van der Waals surface area contributed by atoms with Crippen molar-refractivity contribution in [3.8, 4) is 5.75 Å². The van der Waals surface area contributed by atoms with E-state index in [2.05, 4.69) is 5.32 Å². The van der Waals surface area contributed by atoms with Crippen molar-refractivity contribution in [3.05, 3.63) is 24.3 Å². The Hall–Kier alpha value is -2.04. The number of fused-ring (bicyclic) bond motifs is 1. The van der Waals surface area contributed by atoms with E-state index in [0.717, 1.165) is 24.9 Å². The Labute approximate surface area is 117 Å². The largest absolute Gasteiger partial charge is 0.477 e. The van der Waals surface area contributed by atoms with Crippen LogP contribution in [0, 0.1) is 5.92 Å². The van der Waals surface area contributed by atoms with Crippen molar-refractivity contribution in [2.45, 2.75) is 25.4 Å². The van der Waals surface area contributed by atoms with Crippen LogP contribution < -0.4 is 15.0 Å². The second-order valence-electron chi connectivity index (χ2n) is 5.27. The van der Waals surface area contributed by atoms with Crippen molar-refractivity contribution in [2.75, 3.05) is 18.5 Å². The molecule has 1 saturated carbocycles. The topological polar surface area (TPSA) is 58.6 Å². The van der Waals surface area contributed by atoms with Crippen LogP contribution in [0.4, 0.5) is 5.69 Å². The van der Waals surface area contributed by atoms with E-state index in [-0.39, 0.29) is 24.3 Å². The molecular weight excluding hydrogens is 256 g/mol. The Morgan fingerprint density at radius 3 is 2.70 bits per heavy atom. The Morgan fingerprint density at radius 1 is 1.30 bits per heavy atom. The molecule has 1 N–H and O–H groups in total. The zero-order chi connectivity index (χ0) is 14.1. The number of nitrogens with zero attached hydrogens (tertiary/aromatic N) is 1. The number of anilines is 1. The molecular formula is C15H18N2O3. The zero-order valence-electron chi connectivity index (χ0n) is 11.5. The summed E-state index contributed by atoms with van der Waals surface area (Å²) in [4.78, 5) is 26.1. The second kappa shape index (κ2) is 5.15. The molecule has 1 aliphatic heterocycles. The van der Waals surface area contributed by atoms with Crippen LogP contribution in [0.1, 0.15) is 19.3 Å². The van der Waals surface area contributed by atoms with Gasteiger partial charge in [-0.15, -0.1) is 0 Å². The van der Waals surface area contributed by atoms with Gasteiger partial charge in [-0.3, -0.25) is 9.59 Å². The molecule has 0 spiro atoms. The third kappa shape index (κ3) is 2.13. The van der Waals surface area contributed by atoms with E-state index in [4.69, 9.17) is 4.74 Å². The highest BCUT2D eigenvalue weighted by Crippen LogP contribution is 2.37. The van der Waals surface area contributed by atoms with Gasteiger partial charge in [0.25, 0.3) is 5.91 Å². The minimum atomic E-state index is -0.640. The van der Waals surface area contributed by atoms with Gasteiger partial charge in [-0.1, -0.05) is 18.6 Å². The quantitative estimate of drug-likeness (QED) is 0.885. The van der Waals surface area contributed by atoms with Crippen LogP contribution in [0.3, 0.4) is 0 Å². The van der Waals surface area contributed by atoms with Crippen LogP contribution in [0.15, 0.2) is 24.3 Å². The molecule has 0 aromatic heterocycles. The number of carbonyl (C=O) groups is 2. The molecule has 2 aliphatic rings. The minimum absolute atomic E-state index is 0.103. The molecule has 1 fully saturated rings. The fourth-order valence-electron chi connectivity index (χ4n) is 2.62. The highest BCUT2D eigenvalue weighted by Gasteiger charge is 2.37. The molecule has 5 nitrogen and oxygen atoms in total. The van der Waals surface area contributed by atoms with Gasteiger partial charge in [0.1, 0.15) is 5.75 Å². The average molecular weight is 274 g/mol. The number of nitrogens with one attached hydrogen (secondary N) is 1. The molecule has 20 heavy (non-hydrogen) atoms. The first-order valence-electron chi connectivity index (χ1n) is 6.99. The van der Waals surface area contributed by atoms with Crippen LogP contribution in [0.25, 0.3) is 0 Å². The van der Waals surface area contributed by atoms with Crippen molar-refractivity contribution >= 4 is 17.5 Å². The van der Waals surface area contributed by atoms with Crippen molar-refractivity contribution in [1.29, 1.82) is 0 Å². The molecule has 0 radical (unpaired) electrons. The van der Waals surface area contributed by atoms with Crippen molar-refractivity contribution in [1.82, 2.24) is 5.32 Å². The van der Waals surface area contributed by atoms with Crippen LogP contribution in [0.2, 0.25) is 0 Å². The molecule has 0 saturated heterocycles. The Bertz CT molecular complexity index is 540. The summed E-state index contributed by atoms with van der Waals surface area (Å²) in [6.45, 7) is 0.284. The smallest absolute Gasteiger partial charge is 0.262 e. The van der Waals surface area contributed by atoms with Gasteiger partial charge in [0.15, 0.2) is 6.10 Å². The molecule has 1 aromatic rings. The van der Waals surface area contributed by atoms with Crippen molar-refractivity contribution in [3.63, 3.8) is 0 Å². The van der Waals surface area contributed by atoms with Gasteiger partial charge in [-0.2, -0.15) is 0 Å². The predicted octanol–water partition coefficient (Wildman–Crippen LogP) is 1.33. The fourth-order valence-corrected chi connectivity index (χ4v) is 2.62. The average Bonchev–Trinajstić information content (AvgIpc) is 2.43. The maximum atomic E-state index is 12.5. The molecule has 1 atom stereocenters. The summed E-state index contributed by atoms with van der Waals surface area (Å²) in [7, 11) is 1.57. The SMILES string of the molecule is CNC(=O)C1CN(C(=O)C2CCC2)c2ccccc2O1. The van der Waals surface area contributed by atoms with E-state index in [0.29, 0.717) is 5.75 Å². The lowest BCUT2D eigenvalue weighted by Crippen LogP contribution is -2.52. The standard InChI is InChI=1S/C15H18N2O3/c1-16-14(18)13-9-17(15(19)10-5-4-6-10)11-7-2-3-8-12(11)20-13/h2-3,7-8,10,13H,4-6,9H2,1H3,(H,16,18). The van der Waals surface area contributed by atoms with E-state index < -0.39 is 6.10 Å². The van der Waals surface area contributed by atoms with E-state index in [1.54, 1.807) is 18.0 Å². The number of para-hydroxylation sites is 2. The molecule has 2 amide bonds. The summed E-state index contributed by atoms with van der Waals surface area (Å²) in [6.07, 6.45) is 2.37. The van der Waals surface area contributed by atoms with Crippen LogP contribution in [0.5, 0.6) is 5.75 Å². The molecule has 0 bridgehead atoms. The van der Waals surface area contributed by atoms with E-state index in [1.165, 1.54) is 0 Å². The van der Waals surface area contributed by atoms with Crippen LogP contribution in [-0.2, 0) is 9.59 Å². The number of hydrogen-bond acceptors (Lipinski definition) is 3. The molecule has 106 valence electrons. The van der Waals surface area contributed by atoms with Crippen molar-refractivity contribution < 1.29 is 14.3 Å². The molecule has 5 heteroatoms. The first kappa shape index (κ1) is 13.0. The highest BCUT2D eigenvalue weighted by molar-refractivity contribution is 5.98. The third-order valence-electron chi connectivity index (χ3n) is 4.03. The van der Waals surface area contributed by atoms with Gasteiger partial charge in [0.2, 0.25) is 5.91 Å². The van der Waals surface area contributed by atoms with E-state index in [1.807, 2.05) is 18.2 Å². The lowest BCUT2D eigenvalue weighted by molar-refractivity contribution is -0.129. The normalized spacial score (nSPS) is 21.4. The number of carbonyl (C=O) groups excluding carboxylic acids is 2. The summed E-state index contributed by atoms with van der Waals surface area (Å²) in [6, 6.07) is 7.39. The lowest BCUT2D eigenvalue weighted by atomic mass is 9.84. The third-order valence-corrected chi connectivity index (χ3v) is 4.03. The van der Waals surface area contributed by atoms with E-state index >= 15 is 0 Å². The molecule has 1 heterocycles. The number of hydrogen-bond donors (Lipinski definition) is 1. The van der Waals surface area contributed by atoms with E-state index in [9.17, 15) is 9.59 Å². The second-order valence-corrected chi connectivity index (χ2v) is 5.27. The summed E-state index contributed by atoms with van der Waals surface area (Å²) in [5.41, 5.74) is 0.768. The first-order valence-corrected chi connectivity index (χ1v) is 6.99. The summed E-state index contributed by atoms with van der Waals surface area (Å²) in [5.74, 6) is 0.610. The van der Waals surface area contributed by atoms with Gasteiger partial charge in [0, 0.05) is 13.0 Å². The number of ether oxygens (including phenoxy) is 1. The van der Waals surface area contributed by atoms with Gasteiger partial charge >= 0.3 is 0 Å². The zero-order valence-corrected chi connectivity index (χ0v) is 11.5. The summed E-state index contributed by atoms with van der Waals surface area (Å²) < 4.78 is 5.69. The molecule has 1 aliphatic carbocycles. The first-order chi connectivity index (χ1) is 9.70. The lowest BCUT2D eigenvalue weighted by Gasteiger charge is -2.37. The Balaban J connectivity index is 1.90. The monoisotopic (exact) mass is 274 g/mol. The molecule has 3 rings (SSSR count). The number of rotatable bonds is 2. The molecule has 1 aromatic carbocycles. The van der Waals surface area contributed by atoms with Gasteiger partial charge in [-0.25, -0.2) is 0 Å². The molecule has 1 unspecified atom stereocenters. The van der Waals surface area contributed by atoms with Crippen LogP contribution in [-0.4, -0.2) is 31.5 Å². The number of likely N-dealkylation sites (N-methyl/N-ethyl adjacent to an activating group) is 1. The predicted molar refractivity (Wildman–Crippen MR) is 74.6 cm³/mol. The fraction of sp³-hybridized carbons (Fsp3) is 0.467. The maximum absolute atomic E-state index is 12.5. The van der Waals surface area contributed by atoms with Gasteiger partial charge in [0.05, 0.1) is 12.2 Å². The van der Waals surface area contributed by atoms with Gasteiger partial charge < -0.3 is 15.0 Å². The number of amides is 2. The maximum Gasteiger partial charge on any atom is 0.262 e. The number of benzene rings is 1. The van der Waals surface area contributed by atoms with Crippen molar-refractivity contribution in [2.24, 2.45) is 5.92 Å². The van der Waals surface area contributed by atoms with Crippen LogP contribution >= 0.6 is 0 Å².